The van der Waals surface area contributed by atoms with Gasteiger partial charge in [-0.05, 0) is 18.1 Å². The van der Waals surface area contributed by atoms with Crippen LogP contribution in [0.3, 0.4) is 0 Å². The predicted molar refractivity (Wildman–Crippen MR) is 55.7 cm³/mol. The number of allylic oxidation sites excluding steroid dienone is 2. The summed E-state index contributed by atoms with van der Waals surface area (Å²) in [6.07, 6.45) is -5.93. The molecule has 0 spiro atoms. The van der Waals surface area contributed by atoms with Gasteiger partial charge in [0, 0.05) is 6.42 Å². The summed E-state index contributed by atoms with van der Waals surface area (Å²) in [5.74, 6) is -4.68. The Hall–Kier alpha value is -1.39. The van der Waals surface area contributed by atoms with Crippen molar-refractivity contribution in [1.29, 1.82) is 0 Å². The van der Waals surface area contributed by atoms with Crippen LogP contribution in [0.15, 0.2) is 36.4 Å². The monoisotopic (exact) mass is 250 g/mol. The number of benzene rings is 1. The van der Waals surface area contributed by atoms with Gasteiger partial charge >= 0.3 is 12.1 Å². The van der Waals surface area contributed by atoms with Crippen LogP contribution in [0.2, 0.25) is 0 Å². The maximum atomic E-state index is 12.6. The van der Waals surface area contributed by atoms with Gasteiger partial charge in [-0.25, -0.2) is 0 Å². The van der Waals surface area contributed by atoms with E-state index in [2.05, 4.69) is 0 Å². The third-order valence-electron chi connectivity index (χ3n) is 2.31. The number of hydrogen-bond donors (Lipinski definition) is 0. The van der Waals surface area contributed by atoms with E-state index < -0.39 is 18.5 Å². The SMILES string of the molecule is CC(=CCC(F)(F)C(F)(F)F)c1ccccc1. The highest BCUT2D eigenvalue weighted by molar-refractivity contribution is 5.63. The molecule has 0 fully saturated rings. The summed E-state index contributed by atoms with van der Waals surface area (Å²) in [7, 11) is 0. The topological polar surface area (TPSA) is 0 Å². The number of alkyl halides is 5. The molecule has 0 N–H and O–H groups in total. The minimum absolute atomic E-state index is 0.398. The summed E-state index contributed by atoms with van der Waals surface area (Å²) in [4.78, 5) is 0. The lowest BCUT2D eigenvalue weighted by Gasteiger charge is -2.18. The molecule has 0 aliphatic carbocycles. The van der Waals surface area contributed by atoms with Gasteiger partial charge in [-0.15, -0.1) is 0 Å². The van der Waals surface area contributed by atoms with Crippen LogP contribution in [0, 0.1) is 0 Å². The summed E-state index contributed by atoms with van der Waals surface area (Å²) >= 11 is 0. The molecule has 94 valence electrons. The molecular weight excluding hydrogens is 239 g/mol. The van der Waals surface area contributed by atoms with Crippen LogP contribution in [0.25, 0.3) is 5.57 Å². The van der Waals surface area contributed by atoms with E-state index in [0.717, 1.165) is 6.08 Å². The molecule has 0 nitrogen and oxygen atoms in total. The second-order valence-electron chi connectivity index (χ2n) is 3.66. The maximum absolute atomic E-state index is 12.6. The van der Waals surface area contributed by atoms with Gasteiger partial charge in [-0.3, -0.25) is 0 Å². The molecule has 0 amide bonds. The van der Waals surface area contributed by atoms with Gasteiger partial charge in [-0.2, -0.15) is 22.0 Å². The highest BCUT2D eigenvalue weighted by Crippen LogP contribution is 2.38. The van der Waals surface area contributed by atoms with Gasteiger partial charge in [0.1, 0.15) is 0 Å². The smallest absolute Gasteiger partial charge is 0.196 e. The average molecular weight is 250 g/mol. The van der Waals surface area contributed by atoms with Gasteiger partial charge < -0.3 is 0 Å². The first kappa shape index (κ1) is 13.7. The number of hydrogen-bond acceptors (Lipinski definition) is 0. The van der Waals surface area contributed by atoms with Crippen molar-refractivity contribution in [3.05, 3.63) is 42.0 Å². The van der Waals surface area contributed by atoms with Crippen LogP contribution in [0.4, 0.5) is 22.0 Å². The molecule has 5 heteroatoms. The quantitative estimate of drug-likeness (QED) is 0.683. The van der Waals surface area contributed by atoms with Crippen molar-refractivity contribution >= 4 is 5.57 Å². The first-order chi connectivity index (χ1) is 7.74. The third kappa shape index (κ3) is 3.54. The molecule has 1 aromatic rings. The van der Waals surface area contributed by atoms with Crippen molar-refractivity contribution in [3.63, 3.8) is 0 Å². The zero-order valence-corrected chi connectivity index (χ0v) is 9.06. The van der Waals surface area contributed by atoms with Crippen LogP contribution in [0.5, 0.6) is 0 Å². The molecule has 1 aromatic carbocycles. The molecule has 0 atom stereocenters. The largest absolute Gasteiger partial charge is 0.453 e. The van der Waals surface area contributed by atoms with Crippen molar-refractivity contribution in [2.75, 3.05) is 0 Å². The standard InChI is InChI=1S/C12H11F5/c1-9(10-5-3-2-4-6-10)7-8-11(13,14)12(15,16)17/h2-7H,8H2,1H3. The lowest BCUT2D eigenvalue weighted by Crippen LogP contribution is -2.35. The molecule has 0 saturated carbocycles. The second kappa shape index (κ2) is 4.85. The van der Waals surface area contributed by atoms with E-state index in [-0.39, 0.29) is 0 Å². The van der Waals surface area contributed by atoms with Crippen molar-refractivity contribution in [2.45, 2.75) is 25.4 Å². The zero-order valence-electron chi connectivity index (χ0n) is 9.06. The molecule has 0 aromatic heterocycles. The summed E-state index contributed by atoms with van der Waals surface area (Å²) in [5, 5.41) is 0. The van der Waals surface area contributed by atoms with Gasteiger partial charge in [-0.1, -0.05) is 36.4 Å². The second-order valence-corrected chi connectivity index (χ2v) is 3.66. The highest BCUT2D eigenvalue weighted by atomic mass is 19.4. The molecule has 0 saturated heterocycles. The van der Waals surface area contributed by atoms with Crippen molar-refractivity contribution in [1.82, 2.24) is 0 Å². The van der Waals surface area contributed by atoms with Gasteiger partial charge in [0.05, 0.1) is 0 Å². The van der Waals surface area contributed by atoms with Crippen LogP contribution in [0.1, 0.15) is 18.9 Å². The molecule has 0 aliphatic rings. The minimum Gasteiger partial charge on any atom is -0.196 e. The zero-order chi connectivity index (χ0) is 13.1. The highest BCUT2D eigenvalue weighted by Gasteiger charge is 2.56. The summed E-state index contributed by atoms with van der Waals surface area (Å²) < 4.78 is 61.0. The summed E-state index contributed by atoms with van der Waals surface area (Å²) in [5.41, 5.74) is 1.03. The van der Waals surface area contributed by atoms with Gasteiger partial charge in [0.2, 0.25) is 0 Å². The van der Waals surface area contributed by atoms with Crippen LogP contribution < -0.4 is 0 Å². The Bertz CT molecular complexity index is 389. The Morgan fingerprint density at radius 3 is 2.06 bits per heavy atom. The summed E-state index contributed by atoms with van der Waals surface area (Å²) in [6.45, 7) is 1.50. The third-order valence-corrected chi connectivity index (χ3v) is 2.31. The van der Waals surface area contributed by atoms with Gasteiger partial charge in [0.15, 0.2) is 0 Å². The maximum Gasteiger partial charge on any atom is 0.453 e. The Morgan fingerprint density at radius 2 is 1.59 bits per heavy atom. The first-order valence-electron chi connectivity index (χ1n) is 4.91. The normalized spacial score (nSPS) is 13.9. The van der Waals surface area contributed by atoms with E-state index in [1.54, 1.807) is 30.3 Å². The molecule has 0 radical (unpaired) electrons. The Morgan fingerprint density at radius 1 is 1.06 bits per heavy atom. The molecular formula is C12H11F5. The Labute approximate surface area is 95.8 Å². The van der Waals surface area contributed by atoms with Crippen molar-refractivity contribution in [2.24, 2.45) is 0 Å². The van der Waals surface area contributed by atoms with Crippen molar-refractivity contribution in [3.8, 4) is 0 Å². The minimum atomic E-state index is -5.50. The van der Waals surface area contributed by atoms with Crippen LogP contribution in [-0.2, 0) is 0 Å². The number of halogens is 5. The molecule has 1 rings (SSSR count). The van der Waals surface area contributed by atoms with Crippen LogP contribution >= 0.6 is 0 Å². The fraction of sp³-hybridized carbons (Fsp3) is 0.333. The fourth-order valence-corrected chi connectivity index (χ4v) is 1.22. The van der Waals surface area contributed by atoms with E-state index in [1.807, 2.05) is 0 Å². The first-order valence-corrected chi connectivity index (χ1v) is 4.91. The number of rotatable bonds is 3. The lowest BCUT2D eigenvalue weighted by atomic mass is 10.1. The van der Waals surface area contributed by atoms with E-state index in [1.165, 1.54) is 6.92 Å². The van der Waals surface area contributed by atoms with Gasteiger partial charge in [0.25, 0.3) is 0 Å². The molecule has 17 heavy (non-hydrogen) atoms. The van der Waals surface area contributed by atoms with Crippen molar-refractivity contribution < 1.29 is 22.0 Å². The molecule has 0 aliphatic heterocycles. The fourth-order valence-electron chi connectivity index (χ4n) is 1.22. The average Bonchev–Trinajstić information content (AvgIpc) is 2.25. The summed E-state index contributed by atoms with van der Waals surface area (Å²) in [6, 6.07) is 8.42. The van der Waals surface area contributed by atoms with E-state index >= 15 is 0 Å². The Balaban J connectivity index is 2.79. The van der Waals surface area contributed by atoms with E-state index in [4.69, 9.17) is 0 Å². The molecule has 0 heterocycles. The van der Waals surface area contributed by atoms with E-state index in [0.29, 0.717) is 11.1 Å². The Kier molecular flexibility index (Phi) is 3.91. The predicted octanol–water partition coefficient (Wildman–Crippen LogP) is 4.68. The lowest BCUT2D eigenvalue weighted by molar-refractivity contribution is -0.280. The van der Waals surface area contributed by atoms with Crippen LogP contribution in [-0.4, -0.2) is 12.1 Å². The molecule has 0 bridgehead atoms. The van der Waals surface area contributed by atoms with E-state index in [9.17, 15) is 22.0 Å². The molecule has 0 unspecified atom stereocenters.